The SMILES string of the molecule is O=C(Nc1cnn(Cc2ccccc2)c1)c1cc2ccccc2c2cccnc12. The van der Waals surface area contributed by atoms with Crippen molar-refractivity contribution in [2.24, 2.45) is 0 Å². The van der Waals surface area contributed by atoms with Gasteiger partial charge in [-0.05, 0) is 28.5 Å². The number of pyridine rings is 1. The van der Waals surface area contributed by atoms with Gasteiger partial charge in [-0.1, -0.05) is 60.7 Å². The quantitative estimate of drug-likeness (QED) is 0.453. The summed E-state index contributed by atoms with van der Waals surface area (Å²) in [6.45, 7) is 0.650. The Hall–Kier alpha value is -3.99. The van der Waals surface area contributed by atoms with Crippen LogP contribution < -0.4 is 5.32 Å². The maximum Gasteiger partial charge on any atom is 0.257 e. The fraction of sp³-hybridized carbons (Fsp3) is 0.0417. The number of hydrogen-bond acceptors (Lipinski definition) is 3. The maximum atomic E-state index is 13.1. The molecule has 140 valence electrons. The van der Waals surface area contributed by atoms with Gasteiger partial charge >= 0.3 is 0 Å². The molecule has 2 aromatic heterocycles. The highest BCUT2D eigenvalue weighted by atomic mass is 16.1. The second-order valence-corrected chi connectivity index (χ2v) is 6.91. The van der Waals surface area contributed by atoms with E-state index in [1.165, 1.54) is 0 Å². The first kappa shape index (κ1) is 17.1. The largest absolute Gasteiger partial charge is 0.319 e. The number of benzene rings is 3. The summed E-state index contributed by atoms with van der Waals surface area (Å²) in [4.78, 5) is 17.5. The Labute approximate surface area is 167 Å². The van der Waals surface area contributed by atoms with Crippen LogP contribution in [0, 0.1) is 0 Å². The highest BCUT2D eigenvalue weighted by Gasteiger charge is 2.15. The van der Waals surface area contributed by atoms with Gasteiger partial charge < -0.3 is 5.32 Å². The summed E-state index contributed by atoms with van der Waals surface area (Å²) >= 11 is 0. The van der Waals surface area contributed by atoms with E-state index < -0.39 is 0 Å². The molecule has 3 aromatic carbocycles. The Morgan fingerprint density at radius 2 is 1.72 bits per heavy atom. The third kappa shape index (κ3) is 3.34. The minimum absolute atomic E-state index is 0.196. The van der Waals surface area contributed by atoms with Crippen molar-refractivity contribution < 1.29 is 4.79 Å². The van der Waals surface area contributed by atoms with Crippen LogP contribution in [0.4, 0.5) is 5.69 Å². The van der Waals surface area contributed by atoms with Gasteiger partial charge in [-0.15, -0.1) is 0 Å². The van der Waals surface area contributed by atoms with E-state index in [0.717, 1.165) is 21.7 Å². The summed E-state index contributed by atoms with van der Waals surface area (Å²) in [6.07, 6.45) is 5.21. The molecule has 0 unspecified atom stereocenters. The second kappa shape index (κ2) is 7.20. The summed E-state index contributed by atoms with van der Waals surface area (Å²) < 4.78 is 1.81. The Bertz CT molecular complexity index is 1320. The summed E-state index contributed by atoms with van der Waals surface area (Å²) in [5, 5.41) is 10.4. The van der Waals surface area contributed by atoms with Crippen LogP contribution in [0.3, 0.4) is 0 Å². The van der Waals surface area contributed by atoms with Crippen LogP contribution in [0.15, 0.2) is 91.4 Å². The number of anilines is 1. The van der Waals surface area contributed by atoms with Crippen molar-refractivity contribution in [3.05, 3.63) is 103 Å². The van der Waals surface area contributed by atoms with Crippen molar-refractivity contribution in [1.29, 1.82) is 0 Å². The van der Waals surface area contributed by atoms with E-state index >= 15 is 0 Å². The molecule has 1 amide bonds. The number of carbonyl (C=O) groups excluding carboxylic acids is 1. The average molecular weight is 378 g/mol. The lowest BCUT2D eigenvalue weighted by Crippen LogP contribution is -2.12. The van der Waals surface area contributed by atoms with Gasteiger partial charge in [-0.25, -0.2) is 0 Å². The molecule has 5 heteroatoms. The molecule has 1 N–H and O–H groups in total. The summed E-state index contributed by atoms with van der Waals surface area (Å²) in [5.74, 6) is -0.196. The molecule has 0 spiro atoms. The highest BCUT2D eigenvalue weighted by molar-refractivity contribution is 6.18. The molecule has 0 aliphatic rings. The number of hydrogen-bond donors (Lipinski definition) is 1. The zero-order valence-electron chi connectivity index (χ0n) is 15.6. The molecular formula is C24H18N4O. The van der Waals surface area contributed by atoms with Crippen molar-refractivity contribution in [3.8, 4) is 0 Å². The number of fused-ring (bicyclic) bond motifs is 3. The molecule has 2 heterocycles. The Kier molecular flexibility index (Phi) is 4.26. The first-order valence-corrected chi connectivity index (χ1v) is 9.42. The van der Waals surface area contributed by atoms with Gasteiger partial charge in [0.2, 0.25) is 0 Å². The molecule has 5 rings (SSSR count). The van der Waals surface area contributed by atoms with Gasteiger partial charge in [0, 0.05) is 17.8 Å². The summed E-state index contributed by atoms with van der Waals surface area (Å²) in [7, 11) is 0. The predicted molar refractivity (Wildman–Crippen MR) is 115 cm³/mol. The Morgan fingerprint density at radius 3 is 2.62 bits per heavy atom. The molecule has 0 aliphatic heterocycles. The fourth-order valence-corrected chi connectivity index (χ4v) is 3.59. The molecule has 0 aliphatic carbocycles. The number of nitrogens with one attached hydrogen (secondary N) is 1. The Morgan fingerprint density at radius 1 is 0.931 bits per heavy atom. The van der Waals surface area contributed by atoms with Crippen molar-refractivity contribution in [3.63, 3.8) is 0 Å². The van der Waals surface area contributed by atoms with Crippen LogP contribution in [0.2, 0.25) is 0 Å². The summed E-state index contributed by atoms with van der Waals surface area (Å²) in [6, 6.07) is 23.9. The van der Waals surface area contributed by atoms with E-state index in [-0.39, 0.29) is 5.91 Å². The zero-order chi connectivity index (χ0) is 19.6. The summed E-state index contributed by atoms with van der Waals surface area (Å²) in [5.41, 5.74) is 3.05. The lowest BCUT2D eigenvalue weighted by Gasteiger charge is -2.09. The van der Waals surface area contributed by atoms with E-state index in [4.69, 9.17) is 0 Å². The van der Waals surface area contributed by atoms with Crippen LogP contribution >= 0.6 is 0 Å². The molecule has 5 aromatic rings. The number of rotatable bonds is 4. The van der Waals surface area contributed by atoms with Crippen LogP contribution in [0.25, 0.3) is 21.7 Å². The van der Waals surface area contributed by atoms with Gasteiger partial charge in [-0.2, -0.15) is 5.10 Å². The van der Waals surface area contributed by atoms with Gasteiger partial charge in [0.25, 0.3) is 5.91 Å². The zero-order valence-corrected chi connectivity index (χ0v) is 15.6. The fourth-order valence-electron chi connectivity index (χ4n) is 3.59. The lowest BCUT2D eigenvalue weighted by molar-refractivity contribution is 0.102. The molecule has 0 atom stereocenters. The van der Waals surface area contributed by atoms with Gasteiger partial charge in [0.05, 0.1) is 29.5 Å². The van der Waals surface area contributed by atoms with Crippen LogP contribution in [0.1, 0.15) is 15.9 Å². The van der Waals surface area contributed by atoms with E-state index in [1.54, 1.807) is 12.4 Å². The number of amides is 1. The number of aromatic nitrogens is 3. The molecule has 0 saturated heterocycles. The monoisotopic (exact) mass is 378 g/mol. The van der Waals surface area contributed by atoms with Gasteiger partial charge in [-0.3, -0.25) is 14.5 Å². The molecule has 0 radical (unpaired) electrons. The third-order valence-electron chi connectivity index (χ3n) is 4.94. The molecule has 0 saturated carbocycles. The van der Waals surface area contributed by atoms with E-state index in [9.17, 15) is 4.79 Å². The minimum Gasteiger partial charge on any atom is -0.319 e. The van der Waals surface area contributed by atoms with Crippen LogP contribution in [-0.2, 0) is 6.54 Å². The first-order chi connectivity index (χ1) is 14.3. The van der Waals surface area contributed by atoms with Crippen molar-refractivity contribution >= 4 is 33.3 Å². The lowest BCUT2D eigenvalue weighted by atomic mass is 10.0. The molecule has 5 nitrogen and oxygen atoms in total. The van der Waals surface area contributed by atoms with Gasteiger partial charge in [0.15, 0.2) is 0 Å². The van der Waals surface area contributed by atoms with Crippen molar-refractivity contribution in [1.82, 2.24) is 14.8 Å². The van der Waals surface area contributed by atoms with Crippen LogP contribution in [-0.4, -0.2) is 20.7 Å². The maximum absolute atomic E-state index is 13.1. The molecule has 29 heavy (non-hydrogen) atoms. The smallest absolute Gasteiger partial charge is 0.257 e. The standard InChI is InChI=1S/C24H18N4O/c29-24(27-19-14-26-28(16-19)15-17-7-2-1-3-8-17)22-13-18-9-4-5-10-20(18)21-11-6-12-25-23(21)22/h1-14,16H,15H2,(H,27,29). The Balaban J connectivity index is 1.46. The van der Waals surface area contributed by atoms with Crippen LogP contribution in [0.5, 0.6) is 0 Å². The number of carbonyl (C=O) groups is 1. The van der Waals surface area contributed by atoms with Crippen molar-refractivity contribution in [2.75, 3.05) is 5.32 Å². The third-order valence-corrected chi connectivity index (χ3v) is 4.94. The molecular weight excluding hydrogens is 360 g/mol. The van der Waals surface area contributed by atoms with E-state index in [0.29, 0.717) is 23.3 Å². The number of nitrogens with zero attached hydrogens (tertiary/aromatic N) is 3. The van der Waals surface area contributed by atoms with E-state index in [1.807, 2.05) is 77.6 Å². The van der Waals surface area contributed by atoms with E-state index in [2.05, 4.69) is 21.5 Å². The average Bonchev–Trinajstić information content (AvgIpc) is 3.20. The highest BCUT2D eigenvalue weighted by Crippen LogP contribution is 2.27. The molecule has 0 fully saturated rings. The topological polar surface area (TPSA) is 59.8 Å². The second-order valence-electron chi connectivity index (χ2n) is 6.91. The minimum atomic E-state index is -0.196. The normalized spacial score (nSPS) is 11.0. The predicted octanol–water partition coefficient (Wildman–Crippen LogP) is 4.89. The van der Waals surface area contributed by atoms with Gasteiger partial charge in [0.1, 0.15) is 0 Å². The van der Waals surface area contributed by atoms with Crippen molar-refractivity contribution in [2.45, 2.75) is 6.54 Å². The first-order valence-electron chi connectivity index (χ1n) is 9.42. The molecule has 0 bridgehead atoms.